The zero-order valence-electron chi connectivity index (χ0n) is 14.0. The van der Waals surface area contributed by atoms with Gasteiger partial charge >= 0.3 is 0 Å². The quantitative estimate of drug-likeness (QED) is 0.774. The molecule has 2 aromatic heterocycles. The summed E-state index contributed by atoms with van der Waals surface area (Å²) in [5, 5.41) is 7.23. The molecule has 0 atom stereocenters. The van der Waals surface area contributed by atoms with Crippen LogP contribution in [-0.2, 0) is 4.79 Å². The highest BCUT2D eigenvalue weighted by atomic mass is 16.5. The van der Waals surface area contributed by atoms with Crippen molar-refractivity contribution in [3.8, 4) is 22.8 Å². The highest BCUT2D eigenvalue weighted by molar-refractivity contribution is 5.92. The number of fused-ring (bicyclic) bond motifs is 1. The summed E-state index contributed by atoms with van der Waals surface area (Å²) >= 11 is 0. The summed E-state index contributed by atoms with van der Waals surface area (Å²) in [6.45, 7) is 0. The molecule has 1 aliphatic rings. The van der Waals surface area contributed by atoms with E-state index in [2.05, 4.69) is 15.4 Å². The van der Waals surface area contributed by atoms with Gasteiger partial charge in [-0.15, -0.1) is 5.10 Å². The Morgan fingerprint density at radius 2 is 2.04 bits per heavy atom. The number of nitrogens with zero attached hydrogens (tertiary/aromatic N) is 3. The largest absolute Gasteiger partial charge is 0.497 e. The zero-order chi connectivity index (χ0) is 17.4. The number of pyridine rings is 1. The third kappa shape index (κ3) is 2.88. The maximum Gasteiger partial charge on any atom is 0.249 e. The average molecular weight is 338 g/mol. The first kappa shape index (κ1) is 15.4. The Morgan fingerprint density at radius 3 is 2.76 bits per heavy atom. The average Bonchev–Trinajstić information content (AvgIpc) is 3.41. The van der Waals surface area contributed by atoms with Gasteiger partial charge in [0.2, 0.25) is 11.9 Å². The van der Waals surface area contributed by atoms with Crippen molar-refractivity contribution in [2.45, 2.75) is 12.8 Å². The second-order valence-corrected chi connectivity index (χ2v) is 5.95. The number of hydrogen-bond donors (Lipinski definition) is 1. The number of methoxy groups -OCH3 is 2. The second kappa shape index (κ2) is 6.08. The van der Waals surface area contributed by atoms with Crippen LogP contribution in [0.25, 0.3) is 16.9 Å². The van der Waals surface area contributed by atoms with Crippen molar-refractivity contribution in [3.63, 3.8) is 0 Å². The normalized spacial score (nSPS) is 13.7. The Kier molecular flexibility index (Phi) is 3.76. The number of amides is 1. The molecule has 1 aliphatic carbocycles. The van der Waals surface area contributed by atoms with Gasteiger partial charge in [0.25, 0.3) is 0 Å². The van der Waals surface area contributed by atoms with Crippen molar-refractivity contribution in [1.82, 2.24) is 14.6 Å². The predicted molar refractivity (Wildman–Crippen MR) is 92.9 cm³/mol. The van der Waals surface area contributed by atoms with Gasteiger partial charge in [-0.3, -0.25) is 10.1 Å². The highest BCUT2D eigenvalue weighted by Gasteiger charge is 2.30. The number of hydrogen-bond acceptors (Lipinski definition) is 5. The summed E-state index contributed by atoms with van der Waals surface area (Å²) in [6.07, 6.45) is 1.88. The Hall–Kier alpha value is -3.09. The second-order valence-electron chi connectivity index (χ2n) is 5.95. The summed E-state index contributed by atoms with van der Waals surface area (Å²) in [6, 6.07) is 11.3. The Balaban J connectivity index is 1.77. The molecule has 7 heteroatoms. The Morgan fingerprint density at radius 1 is 1.20 bits per heavy atom. The molecule has 0 radical (unpaired) electrons. The van der Waals surface area contributed by atoms with E-state index in [4.69, 9.17) is 9.47 Å². The van der Waals surface area contributed by atoms with E-state index in [1.165, 1.54) is 0 Å². The molecule has 1 saturated carbocycles. The van der Waals surface area contributed by atoms with E-state index >= 15 is 0 Å². The van der Waals surface area contributed by atoms with Crippen LogP contribution in [0.3, 0.4) is 0 Å². The lowest BCUT2D eigenvalue weighted by Gasteiger charge is -2.11. The topological polar surface area (TPSA) is 77.8 Å². The Bertz CT molecular complexity index is 947. The van der Waals surface area contributed by atoms with Crippen LogP contribution in [0.2, 0.25) is 0 Å². The molecular weight excluding hydrogens is 320 g/mol. The van der Waals surface area contributed by atoms with Gasteiger partial charge in [-0.25, -0.2) is 4.52 Å². The van der Waals surface area contributed by atoms with Crippen LogP contribution >= 0.6 is 0 Å². The van der Waals surface area contributed by atoms with Crippen LogP contribution in [-0.4, -0.2) is 34.7 Å². The SMILES string of the molecule is COc1ccc(-c2cccc3nc(NC(=O)C4CC4)nn23)c(OC)c1. The molecule has 4 rings (SSSR count). The monoisotopic (exact) mass is 338 g/mol. The molecule has 7 nitrogen and oxygen atoms in total. The summed E-state index contributed by atoms with van der Waals surface area (Å²) in [5.41, 5.74) is 2.33. The summed E-state index contributed by atoms with van der Waals surface area (Å²) in [4.78, 5) is 16.3. The highest BCUT2D eigenvalue weighted by Crippen LogP contribution is 2.34. The number of anilines is 1. The van der Waals surface area contributed by atoms with Crippen LogP contribution in [0, 0.1) is 5.92 Å². The maximum atomic E-state index is 11.9. The molecule has 25 heavy (non-hydrogen) atoms. The number of rotatable bonds is 5. The molecule has 0 unspecified atom stereocenters. The lowest BCUT2D eigenvalue weighted by Crippen LogP contribution is -2.14. The summed E-state index contributed by atoms with van der Waals surface area (Å²) < 4.78 is 12.4. The number of carbonyl (C=O) groups is 1. The van der Waals surface area contributed by atoms with E-state index < -0.39 is 0 Å². The van der Waals surface area contributed by atoms with Crippen molar-refractivity contribution in [1.29, 1.82) is 0 Å². The fourth-order valence-corrected chi connectivity index (χ4v) is 2.73. The number of carbonyl (C=O) groups excluding carboxylic acids is 1. The number of aromatic nitrogens is 3. The molecule has 1 N–H and O–H groups in total. The molecule has 0 bridgehead atoms. The summed E-state index contributed by atoms with van der Waals surface area (Å²) in [5.74, 6) is 1.79. The van der Waals surface area contributed by atoms with Crippen LogP contribution in [0.15, 0.2) is 36.4 Å². The van der Waals surface area contributed by atoms with Gasteiger partial charge in [-0.2, -0.15) is 4.98 Å². The van der Waals surface area contributed by atoms with Gasteiger partial charge in [0.05, 0.1) is 19.9 Å². The van der Waals surface area contributed by atoms with Gasteiger partial charge in [0.1, 0.15) is 11.5 Å². The van der Waals surface area contributed by atoms with Crippen LogP contribution in [0.1, 0.15) is 12.8 Å². The van der Waals surface area contributed by atoms with Gasteiger partial charge in [-0.1, -0.05) is 6.07 Å². The van der Waals surface area contributed by atoms with E-state index in [9.17, 15) is 4.79 Å². The van der Waals surface area contributed by atoms with Gasteiger partial charge in [-0.05, 0) is 37.1 Å². The Labute approximate surface area is 144 Å². The van der Waals surface area contributed by atoms with Crippen molar-refractivity contribution in [2.24, 2.45) is 5.92 Å². The summed E-state index contributed by atoms with van der Waals surface area (Å²) in [7, 11) is 3.22. The first-order valence-electron chi connectivity index (χ1n) is 8.08. The predicted octanol–water partition coefficient (Wildman–Crippen LogP) is 2.76. The minimum atomic E-state index is -0.0144. The first-order chi connectivity index (χ1) is 12.2. The van der Waals surface area contributed by atoms with Crippen molar-refractivity contribution < 1.29 is 14.3 Å². The van der Waals surface area contributed by atoms with Gasteiger partial charge in [0, 0.05) is 17.5 Å². The molecule has 2 heterocycles. The van der Waals surface area contributed by atoms with Crippen LogP contribution < -0.4 is 14.8 Å². The minimum Gasteiger partial charge on any atom is -0.497 e. The molecule has 0 saturated heterocycles. The standard InChI is InChI=1S/C18H18N4O3/c1-24-12-8-9-13(15(10-12)25-2)14-4-3-5-16-19-18(21-22(14)16)20-17(23)11-6-7-11/h3-5,8-11H,6-7H2,1-2H3,(H,20,21,23). The molecule has 128 valence electrons. The van der Waals surface area contributed by atoms with E-state index in [1.807, 2.05) is 36.4 Å². The third-order valence-electron chi connectivity index (χ3n) is 4.23. The zero-order valence-corrected chi connectivity index (χ0v) is 14.0. The van der Waals surface area contributed by atoms with Crippen molar-refractivity contribution >= 4 is 17.5 Å². The van der Waals surface area contributed by atoms with Gasteiger partial charge < -0.3 is 9.47 Å². The fourth-order valence-electron chi connectivity index (χ4n) is 2.73. The lowest BCUT2D eigenvalue weighted by atomic mass is 10.1. The number of benzene rings is 1. The van der Waals surface area contributed by atoms with E-state index in [0.717, 1.165) is 24.1 Å². The van der Waals surface area contributed by atoms with E-state index in [1.54, 1.807) is 18.7 Å². The third-order valence-corrected chi connectivity index (χ3v) is 4.23. The maximum absolute atomic E-state index is 11.9. The van der Waals surface area contributed by atoms with Crippen molar-refractivity contribution in [2.75, 3.05) is 19.5 Å². The van der Waals surface area contributed by atoms with Gasteiger partial charge in [0.15, 0.2) is 5.65 Å². The van der Waals surface area contributed by atoms with E-state index in [-0.39, 0.29) is 11.8 Å². The van der Waals surface area contributed by atoms with Crippen LogP contribution in [0.4, 0.5) is 5.95 Å². The lowest BCUT2D eigenvalue weighted by molar-refractivity contribution is -0.117. The minimum absolute atomic E-state index is 0.0144. The molecule has 1 fully saturated rings. The molecular formula is C18H18N4O3. The fraction of sp³-hybridized carbons (Fsp3) is 0.278. The van der Waals surface area contributed by atoms with Crippen molar-refractivity contribution in [3.05, 3.63) is 36.4 Å². The molecule has 0 spiro atoms. The molecule has 1 amide bonds. The first-order valence-corrected chi connectivity index (χ1v) is 8.08. The molecule has 0 aliphatic heterocycles. The number of nitrogens with one attached hydrogen (secondary N) is 1. The van der Waals surface area contributed by atoms with E-state index in [0.29, 0.717) is 23.1 Å². The molecule has 3 aromatic rings. The smallest absolute Gasteiger partial charge is 0.249 e. The molecule has 1 aromatic carbocycles. The van der Waals surface area contributed by atoms with Crippen LogP contribution in [0.5, 0.6) is 11.5 Å². The number of ether oxygens (including phenoxy) is 2.